The van der Waals surface area contributed by atoms with Gasteiger partial charge in [0.15, 0.2) is 0 Å². The Labute approximate surface area is 146 Å². The first-order valence-electron chi connectivity index (χ1n) is 8.73. The van der Waals surface area contributed by atoms with E-state index in [9.17, 15) is 14.4 Å². The van der Waals surface area contributed by atoms with Crippen molar-refractivity contribution in [1.82, 2.24) is 10.2 Å². The van der Waals surface area contributed by atoms with E-state index in [2.05, 4.69) is 5.32 Å². The van der Waals surface area contributed by atoms with Crippen LogP contribution in [0.4, 0.5) is 4.79 Å². The number of carbonyl (C=O) groups excluding carboxylic acids is 3. The van der Waals surface area contributed by atoms with Gasteiger partial charge in [0.1, 0.15) is 11.3 Å². The van der Waals surface area contributed by atoms with Crippen molar-refractivity contribution in [2.75, 3.05) is 6.61 Å². The molecule has 25 heavy (non-hydrogen) atoms. The molecule has 1 aliphatic heterocycles. The summed E-state index contributed by atoms with van der Waals surface area (Å²) in [4.78, 5) is 38.3. The van der Waals surface area contributed by atoms with Crippen LogP contribution < -0.4 is 10.1 Å². The molecule has 1 aromatic rings. The lowest BCUT2D eigenvalue weighted by atomic mass is 9.93. The molecule has 132 valence electrons. The number of nitrogens with zero attached hydrogens (tertiary/aromatic N) is 1. The van der Waals surface area contributed by atoms with Gasteiger partial charge in [0.2, 0.25) is 0 Å². The minimum absolute atomic E-state index is 0.00525. The van der Waals surface area contributed by atoms with Crippen molar-refractivity contribution in [3.63, 3.8) is 0 Å². The minimum atomic E-state index is -0.643. The lowest BCUT2D eigenvalue weighted by Gasteiger charge is -2.35. The predicted molar refractivity (Wildman–Crippen MR) is 92.8 cm³/mol. The molecule has 1 aliphatic carbocycles. The third-order valence-corrected chi connectivity index (χ3v) is 4.58. The summed E-state index contributed by atoms with van der Waals surface area (Å²) >= 11 is 0. The standard InChI is InChI=1S/C19H22N2O4/c1-2-25-15-10-8-13(9-11-15)12-16-17(22)20-19(24)21(18(16)23)14-6-4-3-5-7-14/h8-12,14H,2-7H2,1H3,(H,20,22,24)/b16-12-. The zero-order valence-electron chi connectivity index (χ0n) is 14.3. The summed E-state index contributed by atoms with van der Waals surface area (Å²) in [5.74, 6) is -0.423. The number of imide groups is 2. The monoisotopic (exact) mass is 342 g/mol. The molecule has 1 saturated heterocycles. The summed E-state index contributed by atoms with van der Waals surface area (Å²) in [5, 5.41) is 2.29. The van der Waals surface area contributed by atoms with Crippen molar-refractivity contribution in [2.24, 2.45) is 0 Å². The Balaban J connectivity index is 1.84. The topological polar surface area (TPSA) is 75.7 Å². The van der Waals surface area contributed by atoms with Gasteiger partial charge in [0.05, 0.1) is 6.61 Å². The van der Waals surface area contributed by atoms with Crippen molar-refractivity contribution < 1.29 is 19.1 Å². The molecule has 0 atom stereocenters. The maximum atomic E-state index is 12.8. The molecular formula is C19H22N2O4. The van der Waals surface area contributed by atoms with Crippen molar-refractivity contribution in [3.8, 4) is 5.75 Å². The van der Waals surface area contributed by atoms with Gasteiger partial charge in [-0.05, 0) is 43.5 Å². The average molecular weight is 342 g/mol. The fraction of sp³-hybridized carbons (Fsp3) is 0.421. The fourth-order valence-electron chi connectivity index (χ4n) is 3.34. The first-order chi connectivity index (χ1) is 12.1. The number of urea groups is 1. The highest BCUT2D eigenvalue weighted by molar-refractivity contribution is 6.31. The maximum Gasteiger partial charge on any atom is 0.331 e. The largest absolute Gasteiger partial charge is 0.494 e. The van der Waals surface area contributed by atoms with E-state index in [1.165, 1.54) is 11.0 Å². The van der Waals surface area contributed by atoms with Gasteiger partial charge in [-0.25, -0.2) is 4.79 Å². The van der Waals surface area contributed by atoms with Gasteiger partial charge in [-0.3, -0.25) is 19.8 Å². The number of barbiturate groups is 1. The molecule has 6 heteroatoms. The van der Waals surface area contributed by atoms with Crippen molar-refractivity contribution >= 4 is 23.9 Å². The van der Waals surface area contributed by atoms with E-state index in [-0.39, 0.29) is 11.6 Å². The first-order valence-corrected chi connectivity index (χ1v) is 8.73. The Morgan fingerprint density at radius 1 is 1.12 bits per heavy atom. The number of hydrogen-bond donors (Lipinski definition) is 1. The highest BCUT2D eigenvalue weighted by atomic mass is 16.5. The molecule has 2 fully saturated rings. The molecule has 0 aromatic heterocycles. The molecule has 0 spiro atoms. The number of nitrogens with one attached hydrogen (secondary N) is 1. The van der Waals surface area contributed by atoms with Gasteiger partial charge in [0, 0.05) is 6.04 Å². The average Bonchev–Trinajstić information content (AvgIpc) is 2.61. The summed E-state index contributed by atoms with van der Waals surface area (Å²) < 4.78 is 5.38. The Hall–Kier alpha value is -2.63. The molecule has 1 N–H and O–H groups in total. The second-order valence-corrected chi connectivity index (χ2v) is 6.29. The van der Waals surface area contributed by atoms with Crippen LogP contribution in [0.25, 0.3) is 6.08 Å². The lowest BCUT2D eigenvalue weighted by molar-refractivity contribution is -0.132. The highest BCUT2D eigenvalue weighted by Gasteiger charge is 2.40. The van der Waals surface area contributed by atoms with Crippen LogP contribution in [0.5, 0.6) is 5.75 Å². The number of benzene rings is 1. The summed E-state index contributed by atoms with van der Waals surface area (Å²) in [6.45, 7) is 2.47. The second-order valence-electron chi connectivity index (χ2n) is 6.29. The van der Waals surface area contributed by atoms with E-state index in [0.717, 1.165) is 37.9 Å². The molecule has 2 aliphatic rings. The van der Waals surface area contributed by atoms with Gasteiger partial charge in [0.25, 0.3) is 11.8 Å². The number of amides is 4. The molecule has 1 saturated carbocycles. The molecule has 4 amide bonds. The van der Waals surface area contributed by atoms with Crippen LogP contribution in [0.2, 0.25) is 0 Å². The fourth-order valence-corrected chi connectivity index (χ4v) is 3.34. The van der Waals surface area contributed by atoms with E-state index in [0.29, 0.717) is 12.2 Å². The van der Waals surface area contributed by atoms with Crippen LogP contribution in [0, 0.1) is 0 Å². The smallest absolute Gasteiger partial charge is 0.331 e. The Bertz CT molecular complexity index is 703. The maximum absolute atomic E-state index is 12.8. The number of carbonyl (C=O) groups is 3. The summed E-state index contributed by atoms with van der Waals surface area (Å²) in [7, 11) is 0. The van der Waals surface area contributed by atoms with Gasteiger partial charge < -0.3 is 4.74 Å². The van der Waals surface area contributed by atoms with E-state index in [4.69, 9.17) is 4.74 Å². The normalized spacial score (nSPS) is 20.8. The lowest BCUT2D eigenvalue weighted by Crippen LogP contribution is -2.58. The summed E-state index contributed by atoms with van der Waals surface area (Å²) in [6.07, 6.45) is 6.22. The number of hydrogen-bond acceptors (Lipinski definition) is 4. The molecule has 0 unspecified atom stereocenters. The predicted octanol–water partition coefficient (Wildman–Crippen LogP) is 2.88. The number of ether oxygens (including phenoxy) is 1. The van der Waals surface area contributed by atoms with E-state index >= 15 is 0 Å². The summed E-state index contributed by atoms with van der Waals surface area (Å²) in [5.41, 5.74) is 0.703. The summed E-state index contributed by atoms with van der Waals surface area (Å²) in [6, 6.07) is 6.39. The SMILES string of the molecule is CCOc1ccc(/C=C2/C(=O)NC(=O)N(C3CCCCC3)C2=O)cc1. The Morgan fingerprint density at radius 2 is 1.80 bits per heavy atom. The van der Waals surface area contributed by atoms with E-state index in [1.54, 1.807) is 24.3 Å². The molecule has 0 bridgehead atoms. The van der Waals surface area contributed by atoms with Crippen LogP contribution in [-0.4, -0.2) is 35.4 Å². The molecular weight excluding hydrogens is 320 g/mol. The minimum Gasteiger partial charge on any atom is -0.494 e. The zero-order chi connectivity index (χ0) is 17.8. The Kier molecular flexibility index (Phi) is 5.16. The molecule has 3 rings (SSSR count). The van der Waals surface area contributed by atoms with Crippen molar-refractivity contribution in [1.29, 1.82) is 0 Å². The third kappa shape index (κ3) is 3.73. The van der Waals surface area contributed by atoms with Crippen molar-refractivity contribution in [3.05, 3.63) is 35.4 Å². The second kappa shape index (κ2) is 7.51. The van der Waals surface area contributed by atoms with E-state index < -0.39 is 17.8 Å². The van der Waals surface area contributed by atoms with Crippen LogP contribution in [0.3, 0.4) is 0 Å². The highest BCUT2D eigenvalue weighted by Crippen LogP contribution is 2.26. The van der Waals surface area contributed by atoms with Gasteiger partial charge >= 0.3 is 6.03 Å². The van der Waals surface area contributed by atoms with Gasteiger partial charge in [-0.15, -0.1) is 0 Å². The third-order valence-electron chi connectivity index (χ3n) is 4.58. The van der Waals surface area contributed by atoms with Crippen molar-refractivity contribution in [2.45, 2.75) is 45.1 Å². The van der Waals surface area contributed by atoms with E-state index in [1.807, 2.05) is 6.92 Å². The Morgan fingerprint density at radius 3 is 2.44 bits per heavy atom. The molecule has 0 radical (unpaired) electrons. The van der Waals surface area contributed by atoms with Crippen LogP contribution in [0.1, 0.15) is 44.6 Å². The quantitative estimate of drug-likeness (QED) is 0.674. The first kappa shape index (κ1) is 17.2. The number of rotatable bonds is 4. The molecule has 1 aromatic carbocycles. The zero-order valence-corrected chi connectivity index (χ0v) is 14.3. The van der Waals surface area contributed by atoms with Crippen LogP contribution >= 0.6 is 0 Å². The van der Waals surface area contributed by atoms with Gasteiger partial charge in [-0.1, -0.05) is 31.4 Å². The van der Waals surface area contributed by atoms with Gasteiger partial charge in [-0.2, -0.15) is 0 Å². The van der Waals surface area contributed by atoms with Crippen LogP contribution in [-0.2, 0) is 9.59 Å². The van der Waals surface area contributed by atoms with Crippen LogP contribution in [0.15, 0.2) is 29.8 Å². The molecule has 1 heterocycles. The molecule has 6 nitrogen and oxygen atoms in total.